The minimum atomic E-state index is -0.208. The average molecular weight is 432 g/mol. The zero-order valence-corrected chi connectivity index (χ0v) is 18.3. The molecule has 1 aromatic carbocycles. The van der Waals surface area contributed by atoms with Gasteiger partial charge < -0.3 is 14.9 Å². The monoisotopic (exact) mass is 431 g/mol. The molecule has 0 aliphatic rings. The highest BCUT2D eigenvalue weighted by Crippen LogP contribution is 2.24. The molecule has 0 radical (unpaired) electrons. The van der Waals surface area contributed by atoms with Gasteiger partial charge in [0.2, 0.25) is 0 Å². The van der Waals surface area contributed by atoms with Gasteiger partial charge >= 0.3 is 0 Å². The summed E-state index contributed by atoms with van der Waals surface area (Å²) in [4.78, 5) is 27.8. The number of carbonyl (C=O) groups is 1. The Morgan fingerprint density at radius 1 is 1.10 bits per heavy atom. The predicted molar refractivity (Wildman–Crippen MR) is 117 cm³/mol. The van der Waals surface area contributed by atoms with Crippen LogP contribution in [0.4, 0.5) is 0 Å². The number of aryl methyl sites for hydroxylation is 3. The minimum absolute atomic E-state index is 0.174. The molecule has 0 aliphatic heterocycles. The quantitative estimate of drug-likeness (QED) is 0.614. The highest BCUT2D eigenvalue weighted by atomic mass is 35.5. The van der Waals surface area contributed by atoms with Crippen molar-refractivity contribution in [3.8, 4) is 0 Å². The average Bonchev–Trinajstić information content (AvgIpc) is 2.90. The number of nitrogens with zero attached hydrogens (tertiary/aromatic N) is 1. The lowest BCUT2D eigenvalue weighted by Gasteiger charge is -2.11. The molecule has 0 spiro atoms. The Bertz CT molecular complexity index is 1150. The van der Waals surface area contributed by atoms with Gasteiger partial charge in [-0.05, 0) is 62.6 Å². The Hall–Kier alpha value is -2.50. The SMILES string of the molecule is Cc1cc(C)c(CNC(=O)c2c(C)cn(Cc3ccc(Cl)cc3Cl)c2C)c(=O)[nH]1. The first-order valence-electron chi connectivity index (χ1n) is 9.25. The van der Waals surface area contributed by atoms with Crippen molar-refractivity contribution in [2.75, 3.05) is 0 Å². The van der Waals surface area contributed by atoms with Crippen molar-refractivity contribution < 1.29 is 4.79 Å². The van der Waals surface area contributed by atoms with Crippen LogP contribution in [0.2, 0.25) is 10.0 Å². The molecule has 0 fully saturated rings. The second-order valence-electron chi connectivity index (χ2n) is 7.26. The van der Waals surface area contributed by atoms with Crippen molar-refractivity contribution in [2.24, 2.45) is 0 Å². The molecule has 2 aromatic heterocycles. The van der Waals surface area contributed by atoms with Crippen LogP contribution in [0.15, 0.2) is 35.3 Å². The number of pyridine rings is 1. The molecule has 0 saturated heterocycles. The number of amides is 1. The van der Waals surface area contributed by atoms with Crippen molar-refractivity contribution in [3.05, 3.63) is 90.1 Å². The summed E-state index contributed by atoms with van der Waals surface area (Å²) < 4.78 is 1.99. The van der Waals surface area contributed by atoms with Crippen LogP contribution < -0.4 is 10.9 Å². The van der Waals surface area contributed by atoms with Crippen LogP contribution in [-0.2, 0) is 13.1 Å². The Morgan fingerprint density at radius 3 is 2.48 bits per heavy atom. The van der Waals surface area contributed by atoms with Crippen molar-refractivity contribution in [3.63, 3.8) is 0 Å². The van der Waals surface area contributed by atoms with E-state index in [0.29, 0.717) is 27.7 Å². The maximum absolute atomic E-state index is 12.8. The van der Waals surface area contributed by atoms with Crippen LogP contribution in [0, 0.1) is 27.7 Å². The molecule has 152 valence electrons. The molecule has 3 aromatic rings. The number of carbonyl (C=O) groups excluding carboxylic acids is 1. The third-order valence-electron chi connectivity index (χ3n) is 5.04. The number of hydrogen-bond acceptors (Lipinski definition) is 2. The third kappa shape index (κ3) is 4.57. The van der Waals surface area contributed by atoms with Crippen molar-refractivity contribution >= 4 is 29.1 Å². The number of rotatable bonds is 5. The molecule has 1 amide bonds. The number of aromatic amines is 1. The molecule has 3 rings (SSSR count). The van der Waals surface area contributed by atoms with Gasteiger partial charge in [-0.3, -0.25) is 9.59 Å². The molecule has 0 unspecified atom stereocenters. The van der Waals surface area contributed by atoms with Gasteiger partial charge in [-0.25, -0.2) is 0 Å². The van der Waals surface area contributed by atoms with E-state index in [2.05, 4.69) is 10.3 Å². The topological polar surface area (TPSA) is 66.9 Å². The molecule has 2 heterocycles. The summed E-state index contributed by atoms with van der Waals surface area (Å²) in [6.45, 7) is 8.20. The van der Waals surface area contributed by atoms with Crippen LogP contribution in [-0.4, -0.2) is 15.5 Å². The lowest BCUT2D eigenvalue weighted by atomic mass is 10.1. The number of hydrogen-bond donors (Lipinski definition) is 2. The van der Waals surface area contributed by atoms with E-state index in [1.807, 2.05) is 50.6 Å². The first-order valence-corrected chi connectivity index (χ1v) is 10.0. The predicted octanol–water partition coefficient (Wildman–Crippen LogP) is 4.70. The van der Waals surface area contributed by atoms with E-state index in [0.717, 1.165) is 28.1 Å². The number of nitrogens with one attached hydrogen (secondary N) is 2. The summed E-state index contributed by atoms with van der Waals surface area (Å²) in [5.41, 5.74) is 5.26. The van der Waals surface area contributed by atoms with Gasteiger partial charge in [-0.15, -0.1) is 0 Å². The first-order chi connectivity index (χ1) is 13.7. The molecule has 0 aliphatic carbocycles. The fourth-order valence-electron chi connectivity index (χ4n) is 3.52. The molecule has 0 saturated carbocycles. The van der Waals surface area contributed by atoms with E-state index in [-0.39, 0.29) is 18.0 Å². The lowest BCUT2D eigenvalue weighted by molar-refractivity contribution is 0.0949. The smallest absolute Gasteiger partial charge is 0.253 e. The standard InChI is InChI=1S/C22H23Cl2N3O2/c1-12-7-14(3)26-21(28)18(12)9-25-22(29)20-13(2)10-27(15(20)4)11-16-5-6-17(23)8-19(16)24/h5-8,10H,9,11H2,1-4H3,(H,25,29)(H,26,28). The van der Waals surface area contributed by atoms with Crippen molar-refractivity contribution in [2.45, 2.75) is 40.8 Å². The second-order valence-corrected chi connectivity index (χ2v) is 8.11. The summed E-state index contributed by atoms with van der Waals surface area (Å²) in [5, 5.41) is 4.05. The molecule has 7 heteroatoms. The summed E-state index contributed by atoms with van der Waals surface area (Å²) in [7, 11) is 0. The van der Waals surface area contributed by atoms with E-state index in [9.17, 15) is 9.59 Å². The Morgan fingerprint density at radius 2 is 1.83 bits per heavy atom. The highest BCUT2D eigenvalue weighted by molar-refractivity contribution is 6.35. The summed E-state index contributed by atoms with van der Waals surface area (Å²) >= 11 is 12.3. The van der Waals surface area contributed by atoms with E-state index in [4.69, 9.17) is 23.2 Å². The normalized spacial score (nSPS) is 11.0. The van der Waals surface area contributed by atoms with E-state index in [1.165, 1.54) is 0 Å². The van der Waals surface area contributed by atoms with E-state index >= 15 is 0 Å². The zero-order valence-electron chi connectivity index (χ0n) is 16.8. The van der Waals surface area contributed by atoms with Gasteiger partial charge in [0.15, 0.2) is 0 Å². The van der Waals surface area contributed by atoms with Crippen LogP contribution in [0.1, 0.15) is 44.0 Å². The van der Waals surface area contributed by atoms with Crippen LogP contribution in [0.5, 0.6) is 0 Å². The molecular weight excluding hydrogens is 409 g/mol. The number of H-pyrrole nitrogens is 1. The number of aromatic nitrogens is 2. The molecule has 0 atom stereocenters. The van der Waals surface area contributed by atoms with Gasteiger partial charge in [-0.1, -0.05) is 29.3 Å². The Kier molecular flexibility index (Phi) is 6.20. The van der Waals surface area contributed by atoms with Gasteiger partial charge in [0, 0.05) is 46.3 Å². The molecule has 5 nitrogen and oxygen atoms in total. The van der Waals surface area contributed by atoms with Gasteiger partial charge in [0.1, 0.15) is 0 Å². The zero-order chi connectivity index (χ0) is 21.3. The lowest BCUT2D eigenvalue weighted by Crippen LogP contribution is -2.28. The first kappa shape index (κ1) is 21.2. The fourth-order valence-corrected chi connectivity index (χ4v) is 3.99. The van der Waals surface area contributed by atoms with E-state index < -0.39 is 0 Å². The third-order valence-corrected chi connectivity index (χ3v) is 5.63. The molecule has 29 heavy (non-hydrogen) atoms. The van der Waals surface area contributed by atoms with Gasteiger partial charge in [-0.2, -0.15) is 0 Å². The fraction of sp³-hybridized carbons (Fsp3) is 0.273. The molecule has 2 N–H and O–H groups in total. The minimum Gasteiger partial charge on any atom is -0.348 e. The maximum Gasteiger partial charge on any atom is 0.253 e. The number of benzene rings is 1. The van der Waals surface area contributed by atoms with Crippen molar-refractivity contribution in [1.82, 2.24) is 14.9 Å². The summed E-state index contributed by atoms with van der Waals surface area (Å²) in [6.07, 6.45) is 1.93. The summed E-state index contributed by atoms with van der Waals surface area (Å²) in [5.74, 6) is -0.208. The second kappa shape index (κ2) is 8.47. The molecular formula is C22H23Cl2N3O2. The highest BCUT2D eigenvalue weighted by Gasteiger charge is 2.18. The van der Waals surface area contributed by atoms with Crippen LogP contribution in [0.25, 0.3) is 0 Å². The number of halogens is 2. The summed E-state index contributed by atoms with van der Waals surface area (Å²) in [6, 6.07) is 7.28. The Labute approximate surface area is 179 Å². The van der Waals surface area contributed by atoms with Crippen molar-refractivity contribution in [1.29, 1.82) is 0 Å². The van der Waals surface area contributed by atoms with E-state index in [1.54, 1.807) is 12.1 Å². The van der Waals surface area contributed by atoms with Crippen LogP contribution in [0.3, 0.4) is 0 Å². The van der Waals surface area contributed by atoms with Gasteiger partial charge in [0.25, 0.3) is 11.5 Å². The maximum atomic E-state index is 12.8. The largest absolute Gasteiger partial charge is 0.348 e. The van der Waals surface area contributed by atoms with Gasteiger partial charge in [0.05, 0.1) is 5.56 Å². The van der Waals surface area contributed by atoms with Crippen LogP contribution >= 0.6 is 23.2 Å². The Balaban J connectivity index is 1.81. The molecule has 0 bridgehead atoms.